The van der Waals surface area contributed by atoms with E-state index < -0.39 is 5.91 Å². The standard InChI is InChI=1S/C28H20I2N2O3/c1-34-23-11-9-22(10-12-23)32-28(33)21(16-31)13-18-14-25(29)27(26(30)15-18)35-17-20-7-4-6-19-5-2-3-8-24(19)20/h2-15H,17H2,1H3,(H,32,33)/b21-13-. The molecule has 0 radical (unpaired) electrons. The second-order valence-electron chi connectivity index (χ2n) is 7.59. The van der Waals surface area contributed by atoms with Crippen molar-refractivity contribution in [2.24, 2.45) is 0 Å². The molecule has 4 aromatic carbocycles. The molecular formula is C28H20I2N2O3. The van der Waals surface area contributed by atoms with Gasteiger partial charge in [-0.15, -0.1) is 0 Å². The number of nitriles is 1. The van der Waals surface area contributed by atoms with Gasteiger partial charge in [-0.1, -0.05) is 42.5 Å². The first-order valence-corrected chi connectivity index (χ1v) is 12.8. The number of fused-ring (bicyclic) bond motifs is 1. The number of nitrogens with zero attached hydrogens (tertiary/aromatic N) is 1. The molecule has 0 saturated carbocycles. The van der Waals surface area contributed by atoms with E-state index in [9.17, 15) is 10.1 Å². The molecule has 0 aliphatic carbocycles. The van der Waals surface area contributed by atoms with Crippen molar-refractivity contribution in [1.82, 2.24) is 0 Å². The van der Waals surface area contributed by atoms with Crippen LogP contribution < -0.4 is 14.8 Å². The van der Waals surface area contributed by atoms with Crippen molar-refractivity contribution >= 4 is 73.6 Å². The van der Waals surface area contributed by atoms with Gasteiger partial charge in [0, 0.05) is 5.69 Å². The predicted octanol–water partition coefficient (Wildman–Crippen LogP) is 7.18. The number of benzene rings is 4. The fourth-order valence-electron chi connectivity index (χ4n) is 3.56. The van der Waals surface area contributed by atoms with Crippen molar-refractivity contribution in [1.29, 1.82) is 5.26 Å². The van der Waals surface area contributed by atoms with Crippen molar-refractivity contribution in [2.45, 2.75) is 6.61 Å². The molecular weight excluding hydrogens is 666 g/mol. The van der Waals surface area contributed by atoms with Crippen molar-refractivity contribution in [3.8, 4) is 17.6 Å². The number of nitrogens with one attached hydrogen (secondary N) is 1. The van der Waals surface area contributed by atoms with E-state index in [4.69, 9.17) is 9.47 Å². The highest BCUT2D eigenvalue weighted by molar-refractivity contribution is 14.1. The molecule has 0 heterocycles. The summed E-state index contributed by atoms with van der Waals surface area (Å²) >= 11 is 4.44. The Morgan fingerprint density at radius 1 is 1.00 bits per heavy atom. The summed E-state index contributed by atoms with van der Waals surface area (Å²) in [6, 6.07) is 27.2. The molecule has 0 atom stereocenters. The third-order valence-corrected chi connectivity index (χ3v) is 6.90. The maximum absolute atomic E-state index is 12.6. The van der Waals surface area contributed by atoms with Gasteiger partial charge in [0.1, 0.15) is 29.7 Å². The number of methoxy groups -OCH3 is 1. The molecule has 1 amide bonds. The molecule has 4 rings (SSSR count). The summed E-state index contributed by atoms with van der Waals surface area (Å²) in [4.78, 5) is 12.6. The van der Waals surface area contributed by atoms with Crippen LogP contribution in [0.1, 0.15) is 11.1 Å². The molecule has 0 aromatic heterocycles. The van der Waals surface area contributed by atoms with Gasteiger partial charge >= 0.3 is 0 Å². The minimum Gasteiger partial charge on any atom is -0.497 e. The number of carbonyl (C=O) groups is 1. The van der Waals surface area contributed by atoms with Crippen LogP contribution in [0.2, 0.25) is 0 Å². The van der Waals surface area contributed by atoms with Gasteiger partial charge < -0.3 is 14.8 Å². The number of amides is 1. The van der Waals surface area contributed by atoms with E-state index in [1.54, 1.807) is 37.5 Å². The summed E-state index contributed by atoms with van der Waals surface area (Å²) in [6.07, 6.45) is 1.58. The van der Waals surface area contributed by atoms with E-state index in [1.807, 2.05) is 36.4 Å². The smallest absolute Gasteiger partial charge is 0.266 e. The number of halogens is 2. The number of ether oxygens (including phenoxy) is 2. The van der Waals surface area contributed by atoms with Gasteiger partial charge in [0.25, 0.3) is 5.91 Å². The topological polar surface area (TPSA) is 71.3 Å². The summed E-state index contributed by atoms with van der Waals surface area (Å²) in [6.45, 7) is 0.441. The van der Waals surface area contributed by atoms with E-state index in [0.717, 1.165) is 24.0 Å². The fourth-order valence-corrected chi connectivity index (χ4v) is 5.68. The van der Waals surface area contributed by atoms with Crippen LogP contribution in [-0.4, -0.2) is 13.0 Å². The molecule has 0 aliphatic heterocycles. The molecule has 35 heavy (non-hydrogen) atoms. The molecule has 0 unspecified atom stereocenters. The molecule has 5 nitrogen and oxygen atoms in total. The van der Waals surface area contributed by atoms with Crippen LogP contribution in [0.4, 0.5) is 5.69 Å². The molecule has 0 bridgehead atoms. The zero-order valence-electron chi connectivity index (χ0n) is 18.7. The lowest BCUT2D eigenvalue weighted by molar-refractivity contribution is -0.112. The fraction of sp³-hybridized carbons (Fsp3) is 0.0714. The van der Waals surface area contributed by atoms with Gasteiger partial charge in [-0.2, -0.15) is 5.26 Å². The molecule has 1 N–H and O–H groups in total. The summed E-state index contributed by atoms with van der Waals surface area (Å²) < 4.78 is 13.1. The largest absolute Gasteiger partial charge is 0.497 e. The zero-order valence-corrected chi connectivity index (χ0v) is 23.0. The molecule has 0 aliphatic rings. The van der Waals surface area contributed by atoms with Crippen molar-refractivity contribution in [2.75, 3.05) is 12.4 Å². The Morgan fingerprint density at radius 3 is 2.37 bits per heavy atom. The number of hydrogen-bond acceptors (Lipinski definition) is 4. The Morgan fingerprint density at radius 2 is 1.69 bits per heavy atom. The van der Waals surface area contributed by atoms with Gasteiger partial charge in [-0.25, -0.2) is 0 Å². The highest BCUT2D eigenvalue weighted by Crippen LogP contribution is 2.31. The number of carbonyl (C=O) groups excluding carboxylic acids is 1. The minimum atomic E-state index is -0.473. The summed E-state index contributed by atoms with van der Waals surface area (Å²) in [5.41, 5.74) is 2.45. The predicted molar refractivity (Wildman–Crippen MR) is 155 cm³/mol. The first kappa shape index (κ1) is 25.0. The van der Waals surface area contributed by atoms with Crippen LogP contribution >= 0.6 is 45.2 Å². The average molecular weight is 686 g/mol. The number of hydrogen-bond donors (Lipinski definition) is 1. The van der Waals surface area contributed by atoms with Crippen molar-refractivity contribution in [3.63, 3.8) is 0 Å². The third-order valence-electron chi connectivity index (χ3n) is 5.30. The number of rotatable bonds is 7. The lowest BCUT2D eigenvalue weighted by atomic mass is 10.1. The maximum atomic E-state index is 12.6. The van der Waals surface area contributed by atoms with Gasteiger partial charge in [0.15, 0.2) is 0 Å². The Labute approximate surface area is 231 Å². The SMILES string of the molecule is COc1ccc(NC(=O)/C(C#N)=C\c2cc(I)c(OCc3cccc4ccccc34)c(I)c2)cc1. The molecule has 0 saturated heterocycles. The summed E-state index contributed by atoms with van der Waals surface area (Å²) in [7, 11) is 1.58. The lowest BCUT2D eigenvalue weighted by Crippen LogP contribution is -2.13. The summed E-state index contributed by atoms with van der Waals surface area (Å²) in [5, 5.41) is 14.7. The summed E-state index contributed by atoms with van der Waals surface area (Å²) in [5.74, 6) is 0.988. The normalized spacial score (nSPS) is 11.1. The quantitative estimate of drug-likeness (QED) is 0.127. The van der Waals surface area contributed by atoms with Crippen LogP contribution in [0.15, 0.2) is 84.4 Å². The van der Waals surface area contributed by atoms with Gasteiger partial charge in [0.2, 0.25) is 0 Å². The van der Waals surface area contributed by atoms with E-state index in [1.165, 1.54) is 10.8 Å². The van der Waals surface area contributed by atoms with Crippen LogP contribution in [-0.2, 0) is 11.4 Å². The van der Waals surface area contributed by atoms with E-state index >= 15 is 0 Å². The molecule has 4 aromatic rings. The monoisotopic (exact) mass is 686 g/mol. The Balaban J connectivity index is 1.51. The van der Waals surface area contributed by atoms with Crippen LogP contribution in [0.25, 0.3) is 16.8 Å². The minimum absolute atomic E-state index is 0.0110. The van der Waals surface area contributed by atoms with Crippen LogP contribution in [0, 0.1) is 18.5 Å². The average Bonchev–Trinajstić information content (AvgIpc) is 2.87. The lowest BCUT2D eigenvalue weighted by Gasteiger charge is -2.13. The Hall–Kier alpha value is -3.10. The second kappa shape index (κ2) is 11.6. The van der Waals surface area contributed by atoms with Crippen molar-refractivity contribution in [3.05, 3.63) is 103 Å². The van der Waals surface area contributed by atoms with E-state index in [-0.39, 0.29) is 5.57 Å². The van der Waals surface area contributed by atoms with E-state index in [2.05, 4.69) is 74.8 Å². The zero-order chi connectivity index (χ0) is 24.8. The first-order valence-electron chi connectivity index (χ1n) is 10.6. The van der Waals surface area contributed by atoms with Crippen molar-refractivity contribution < 1.29 is 14.3 Å². The Bertz CT molecular complexity index is 1430. The molecule has 0 fully saturated rings. The highest BCUT2D eigenvalue weighted by atomic mass is 127. The third kappa shape index (κ3) is 6.13. The maximum Gasteiger partial charge on any atom is 0.266 e. The number of anilines is 1. The highest BCUT2D eigenvalue weighted by Gasteiger charge is 2.13. The van der Waals surface area contributed by atoms with Crippen LogP contribution in [0.3, 0.4) is 0 Å². The van der Waals surface area contributed by atoms with Crippen LogP contribution in [0.5, 0.6) is 11.5 Å². The Kier molecular flexibility index (Phi) is 8.25. The second-order valence-corrected chi connectivity index (χ2v) is 9.92. The van der Waals surface area contributed by atoms with Gasteiger partial charge in [0.05, 0.1) is 14.3 Å². The van der Waals surface area contributed by atoms with Gasteiger partial charge in [-0.3, -0.25) is 4.79 Å². The first-order chi connectivity index (χ1) is 17.0. The molecule has 7 heteroatoms. The van der Waals surface area contributed by atoms with E-state index in [0.29, 0.717) is 18.0 Å². The van der Waals surface area contributed by atoms with Gasteiger partial charge in [-0.05, 0) is 110 Å². The molecule has 174 valence electrons. The molecule has 0 spiro atoms.